The number of fused-ring (bicyclic) bond motifs is 1. The van der Waals surface area contributed by atoms with Crippen molar-refractivity contribution in [1.29, 1.82) is 0 Å². The number of nitro benzene ring substituents is 1. The molecular formula is C15H7ClI2N2O5S. The zero-order chi connectivity index (χ0) is 19.1. The van der Waals surface area contributed by atoms with Gasteiger partial charge in [0.1, 0.15) is 15.4 Å². The largest absolute Gasteiger partial charge is 0.375 e. The van der Waals surface area contributed by atoms with Crippen LogP contribution in [0.4, 0.5) is 5.69 Å². The molecule has 0 unspecified atom stereocenters. The summed E-state index contributed by atoms with van der Waals surface area (Å²) in [7, 11) is -4.32. The van der Waals surface area contributed by atoms with Crippen molar-refractivity contribution in [2.75, 3.05) is 0 Å². The van der Waals surface area contributed by atoms with Crippen molar-refractivity contribution >= 4 is 83.5 Å². The van der Waals surface area contributed by atoms with Crippen LogP contribution in [-0.4, -0.2) is 18.3 Å². The predicted octanol–water partition coefficient (Wildman–Crippen LogP) is 4.77. The van der Waals surface area contributed by atoms with Crippen LogP contribution in [0.2, 0.25) is 5.02 Å². The maximum absolute atomic E-state index is 12.6. The van der Waals surface area contributed by atoms with Crippen LogP contribution in [0.5, 0.6) is 5.75 Å². The van der Waals surface area contributed by atoms with E-state index < -0.39 is 20.7 Å². The number of hydrogen-bond acceptors (Lipinski definition) is 6. The fourth-order valence-electron chi connectivity index (χ4n) is 2.17. The van der Waals surface area contributed by atoms with Gasteiger partial charge >= 0.3 is 10.1 Å². The minimum atomic E-state index is -4.32. The van der Waals surface area contributed by atoms with Crippen molar-refractivity contribution in [2.24, 2.45) is 0 Å². The molecule has 0 radical (unpaired) electrons. The Kier molecular flexibility index (Phi) is 5.55. The average molecular weight is 617 g/mol. The third kappa shape index (κ3) is 3.73. The maximum Gasteiger partial charge on any atom is 0.339 e. The second kappa shape index (κ2) is 7.40. The molecular weight excluding hydrogens is 610 g/mol. The lowest BCUT2D eigenvalue weighted by atomic mass is 10.2. The van der Waals surface area contributed by atoms with Gasteiger partial charge in [-0.3, -0.25) is 15.1 Å². The average Bonchev–Trinajstić information content (AvgIpc) is 2.58. The molecule has 0 atom stereocenters. The van der Waals surface area contributed by atoms with Gasteiger partial charge in [-0.1, -0.05) is 17.7 Å². The highest BCUT2D eigenvalue weighted by molar-refractivity contribution is 14.1. The molecule has 11 heteroatoms. The zero-order valence-corrected chi connectivity index (χ0v) is 18.4. The lowest BCUT2D eigenvalue weighted by Crippen LogP contribution is -2.12. The second-order valence-corrected chi connectivity index (χ2v) is 9.25. The smallest absolute Gasteiger partial charge is 0.339 e. The van der Waals surface area contributed by atoms with Crippen molar-refractivity contribution in [3.05, 3.63) is 64.9 Å². The van der Waals surface area contributed by atoms with Crippen molar-refractivity contribution in [3.63, 3.8) is 0 Å². The first kappa shape index (κ1) is 19.5. The van der Waals surface area contributed by atoms with Crippen LogP contribution >= 0.6 is 56.8 Å². The summed E-state index contributed by atoms with van der Waals surface area (Å²) in [5, 5.41) is 11.6. The molecule has 1 heterocycles. The minimum Gasteiger partial charge on any atom is -0.375 e. The number of halogens is 3. The number of hydrogen-bond donors (Lipinski definition) is 0. The van der Waals surface area contributed by atoms with Gasteiger partial charge in [0.25, 0.3) is 5.69 Å². The SMILES string of the molecule is O=[N+]([O-])c1cc(S(=O)(=O)Oc2c(I)cc(I)c3cccnc23)ccc1Cl. The van der Waals surface area contributed by atoms with E-state index in [-0.39, 0.29) is 15.7 Å². The predicted molar refractivity (Wildman–Crippen MR) is 113 cm³/mol. The molecule has 0 aliphatic carbocycles. The highest BCUT2D eigenvalue weighted by atomic mass is 127. The lowest BCUT2D eigenvalue weighted by molar-refractivity contribution is -0.384. The molecule has 3 aromatic rings. The quantitative estimate of drug-likeness (QED) is 0.181. The van der Waals surface area contributed by atoms with Crippen LogP contribution in [0.1, 0.15) is 0 Å². The first-order chi connectivity index (χ1) is 12.2. The fraction of sp³-hybridized carbons (Fsp3) is 0. The van der Waals surface area contributed by atoms with Crippen LogP contribution in [0.3, 0.4) is 0 Å². The topological polar surface area (TPSA) is 99.4 Å². The Hall–Kier alpha value is -1.25. The first-order valence-electron chi connectivity index (χ1n) is 6.82. The number of aromatic nitrogens is 1. The second-order valence-electron chi connectivity index (χ2n) is 4.98. The number of rotatable bonds is 4. The van der Waals surface area contributed by atoms with Gasteiger partial charge in [0.05, 0.1) is 8.49 Å². The number of nitrogens with zero attached hydrogens (tertiary/aromatic N) is 2. The molecule has 134 valence electrons. The highest BCUT2D eigenvalue weighted by Gasteiger charge is 2.25. The molecule has 0 saturated heterocycles. The Morgan fingerprint density at radius 3 is 2.58 bits per heavy atom. The summed E-state index contributed by atoms with van der Waals surface area (Å²) in [6.45, 7) is 0. The van der Waals surface area contributed by atoms with E-state index in [0.29, 0.717) is 9.09 Å². The van der Waals surface area contributed by atoms with Crippen LogP contribution in [0.25, 0.3) is 10.9 Å². The van der Waals surface area contributed by atoms with E-state index in [1.165, 1.54) is 6.20 Å². The van der Waals surface area contributed by atoms with Gasteiger partial charge in [0.15, 0.2) is 5.75 Å². The molecule has 0 spiro atoms. The van der Waals surface area contributed by atoms with E-state index in [4.69, 9.17) is 15.8 Å². The van der Waals surface area contributed by atoms with Crippen molar-refractivity contribution in [2.45, 2.75) is 4.90 Å². The van der Waals surface area contributed by atoms with Crippen molar-refractivity contribution in [3.8, 4) is 5.75 Å². The van der Waals surface area contributed by atoms with Gasteiger partial charge in [-0.2, -0.15) is 8.42 Å². The number of benzene rings is 2. The van der Waals surface area contributed by atoms with E-state index in [9.17, 15) is 18.5 Å². The third-order valence-electron chi connectivity index (χ3n) is 3.35. The zero-order valence-electron chi connectivity index (χ0n) is 12.5. The van der Waals surface area contributed by atoms with Gasteiger partial charge in [0.2, 0.25) is 0 Å². The summed E-state index contributed by atoms with van der Waals surface area (Å²) in [6, 6.07) is 8.46. The third-order valence-corrected chi connectivity index (χ3v) is 6.58. The van der Waals surface area contributed by atoms with Gasteiger partial charge in [0, 0.05) is 21.2 Å². The molecule has 0 amide bonds. The van der Waals surface area contributed by atoms with Crippen LogP contribution < -0.4 is 4.18 Å². The molecule has 0 saturated carbocycles. The van der Waals surface area contributed by atoms with Crippen molar-refractivity contribution in [1.82, 2.24) is 4.98 Å². The van der Waals surface area contributed by atoms with E-state index in [2.05, 4.69) is 27.6 Å². The summed E-state index contributed by atoms with van der Waals surface area (Å²) in [4.78, 5) is 14.1. The van der Waals surface area contributed by atoms with E-state index >= 15 is 0 Å². The summed E-state index contributed by atoms with van der Waals surface area (Å²) >= 11 is 9.81. The molecule has 0 N–H and O–H groups in total. The highest BCUT2D eigenvalue weighted by Crippen LogP contribution is 2.35. The van der Waals surface area contributed by atoms with Crippen LogP contribution in [0, 0.1) is 17.3 Å². The van der Waals surface area contributed by atoms with Crippen LogP contribution in [0.15, 0.2) is 47.5 Å². The van der Waals surface area contributed by atoms with Gasteiger partial charge in [-0.15, -0.1) is 0 Å². The number of pyridine rings is 1. The first-order valence-corrected chi connectivity index (χ1v) is 10.8. The summed E-state index contributed by atoms with van der Waals surface area (Å²) < 4.78 is 32.0. The molecule has 1 aromatic heterocycles. The van der Waals surface area contributed by atoms with E-state index in [1.54, 1.807) is 18.2 Å². The Balaban J connectivity index is 2.13. The van der Waals surface area contributed by atoms with Gasteiger partial charge in [-0.05, 0) is 69.4 Å². The van der Waals surface area contributed by atoms with Gasteiger partial charge in [-0.25, -0.2) is 0 Å². The normalized spacial score (nSPS) is 11.5. The molecule has 0 bridgehead atoms. The van der Waals surface area contributed by atoms with Crippen LogP contribution in [-0.2, 0) is 10.1 Å². The lowest BCUT2D eigenvalue weighted by Gasteiger charge is -2.12. The molecule has 0 fully saturated rings. The Bertz CT molecular complexity index is 1150. The number of nitro groups is 1. The maximum atomic E-state index is 12.6. The Morgan fingerprint density at radius 2 is 1.88 bits per heavy atom. The van der Waals surface area contributed by atoms with E-state index in [0.717, 1.165) is 27.2 Å². The Labute approximate surface area is 180 Å². The molecule has 2 aromatic carbocycles. The monoisotopic (exact) mass is 616 g/mol. The standard InChI is InChI=1S/C15H7ClI2N2O5S/c16-10-4-3-8(6-13(10)20(21)22)26(23,24)25-15-12(18)7-11(17)9-2-1-5-19-14(9)15/h1-7H. The molecule has 0 aliphatic rings. The summed E-state index contributed by atoms with van der Waals surface area (Å²) in [5.41, 5.74) is -0.132. The molecule has 0 aliphatic heterocycles. The van der Waals surface area contributed by atoms with Crippen molar-refractivity contribution < 1.29 is 17.5 Å². The molecule has 7 nitrogen and oxygen atoms in total. The summed E-state index contributed by atoms with van der Waals surface area (Å²) in [6.07, 6.45) is 1.53. The van der Waals surface area contributed by atoms with Gasteiger partial charge < -0.3 is 4.18 Å². The summed E-state index contributed by atoms with van der Waals surface area (Å²) in [5.74, 6) is 0.0687. The van der Waals surface area contributed by atoms with E-state index in [1.807, 2.05) is 22.6 Å². The minimum absolute atomic E-state index is 0.0687. The Morgan fingerprint density at radius 1 is 1.15 bits per heavy atom. The molecule has 3 rings (SSSR count). The fourth-order valence-corrected chi connectivity index (χ4v) is 5.50. The molecule has 26 heavy (non-hydrogen) atoms.